The Hall–Kier alpha value is -0.900. The summed E-state index contributed by atoms with van der Waals surface area (Å²) in [6.07, 6.45) is 10.1. The fourth-order valence-electron chi connectivity index (χ4n) is 2.92. The molecule has 1 heterocycles. The van der Waals surface area contributed by atoms with E-state index in [9.17, 15) is 4.79 Å². The van der Waals surface area contributed by atoms with Gasteiger partial charge < -0.3 is 5.32 Å². The van der Waals surface area contributed by atoms with E-state index >= 15 is 0 Å². The van der Waals surface area contributed by atoms with Crippen molar-refractivity contribution < 1.29 is 4.79 Å². The van der Waals surface area contributed by atoms with Crippen molar-refractivity contribution in [3.05, 3.63) is 22.9 Å². The Bertz CT molecular complexity index is 442. The van der Waals surface area contributed by atoms with Crippen LogP contribution in [0.5, 0.6) is 0 Å². The largest absolute Gasteiger partial charge is 0.324 e. The first kappa shape index (κ1) is 15.5. The van der Waals surface area contributed by atoms with E-state index in [1.165, 1.54) is 32.1 Å². The maximum absolute atomic E-state index is 12.3. The zero-order valence-electron chi connectivity index (χ0n) is 12.1. The monoisotopic (exact) mass is 338 g/mol. The van der Waals surface area contributed by atoms with Gasteiger partial charge in [0.1, 0.15) is 4.60 Å². The Morgan fingerprint density at radius 2 is 2.15 bits per heavy atom. The first-order valence-electron chi connectivity index (χ1n) is 7.62. The van der Waals surface area contributed by atoms with E-state index in [0.717, 1.165) is 24.4 Å². The summed E-state index contributed by atoms with van der Waals surface area (Å²) in [4.78, 5) is 16.4. The van der Waals surface area contributed by atoms with Crippen molar-refractivity contribution in [3.63, 3.8) is 0 Å². The lowest BCUT2D eigenvalue weighted by Crippen LogP contribution is -2.27. The third kappa shape index (κ3) is 4.30. The quantitative estimate of drug-likeness (QED) is 0.785. The van der Waals surface area contributed by atoms with E-state index in [-0.39, 0.29) is 11.8 Å². The Morgan fingerprint density at radius 1 is 1.40 bits per heavy atom. The average molecular weight is 339 g/mol. The van der Waals surface area contributed by atoms with Crippen LogP contribution in [0.25, 0.3) is 0 Å². The summed E-state index contributed by atoms with van der Waals surface area (Å²) in [5, 5.41) is 2.99. The van der Waals surface area contributed by atoms with Gasteiger partial charge >= 0.3 is 0 Å². The maximum Gasteiger partial charge on any atom is 0.227 e. The van der Waals surface area contributed by atoms with Crippen LogP contribution in [-0.2, 0) is 4.79 Å². The lowest BCUT2D eigenvalue weighted by atomic mass is 9.79. The summed E-state index contributed by atoms with van der Waals surface area (Å²) in [5.41, 5.74) is 0.769. The SMILES string of the molecule is CCCCC1CCC(C(=O)Nc2cccnc2Br)CC1. The molecule has 110 valence electrons. The zero-order chi connectivity index (χ0) is 14.4. The van der Waals surface area contributed by atoms with Crippen LogP contribution in [0.15, 0.2) is 22.9 Å². The minimum atomic E-state index is 0.146. The van der Waals surface area contributed by atoms with Gasteiger partial charge in [-0.3, -0.25) is 4.79 Å². The lowest BCUT2D eigenvalue weighted by molar-refractivity contribution is -0.121. The molecule has 3 nitrogen and oxygen atoms in total. The van der Waals surface area contributed by atoms with E-state index in [2.05, 4.69) is 33.2 Å². The van der Waals surface area contributed by atoms with Crippen LogP contribution >= 0.6 is 15.9 Å². The summed E-state index contributed by atoms with van der Waals surface area (Å²) < 4.78 is 0.699. The maximum atomic E-state index is 12.3. The summed E-state index contributed by atoms with van der Waals surface area (Å²) in [6.45, 7) is 2.24. The number of halogens is 1. The molecule has 2 rings (SSSR count). The van der Waals surface area contributed by atoms with E-state index in [1.54, 1.807) is 6.20 Å². The number of carbonyl (C=O) groups is 1. The van der Waals surface area contributed by atoms with E-state index in [0.29, 0.717) is 4.60 Å². The highest BCUT2D eigenvalue weighted by Crippen LogP contribution is 2.32. The van der Waals surface area contributed by atoms with Gasteiger partial charge in [-0.2, -0.15) is 0 Å². The van der Waals surface area contributed by atoms with Gasteiger partial charge in [0.25, 0.3) is 0 Å². The Morgan fingerprint density at radius 3 is 2.80 bits per heavy atom. The molecule has 0 atom stereocenters. The minimum absolute atomic E-state index is 0.146. The predicted molar refractivity (Wildman–Crippen MR) is 85.5 cm³/mol. The highest BCUT2D eigenvalue weighted by atomic mass is 79.9. The van der Waals surface area contributed by atoms with Gasteiger partial charge in [-0.15, -0.1) is 0 Å². The van der Waals surface area contributed by atoms with Gasteiger partial charge in [0.2, 0.25) is 5.91 Å². The Balaban J connectivity index is 1.82. The van der Waals surface area contributed by atoms with E-state index in [4.69, 9.17) is 0 Å². The highest BCUT2D eigenvalue weighted by Gasteiger charge is 2.26. The molecule has 0 bridgehead atoms. The van der Waals surface area contributed by atoms with Gasteiger partial charge in [0.05, 0.1) is 5.69 Å². The number of nitrogens with one attached hydrogen (secondary N) is 1. The molecule has 1 aliphatic rings. The van der Waals surface area contributed by atoms with Gasteiger partial charge in [-0.25, -0.2) is 4.98 Å². The van der Waals surface area contributed by atoms with Crippen LogP contribution in [0.1, 0.15) is 51.9 Å². The number of hydrogen-bond donors (Lipinski definition) is 1. The molecule has 1 aliphatic carbocycles. The van der Waals surface area contributed by atoms with Gasteiger partial charge in [0.15, 0.2) is 0 Å². The minimum Gasteiger partial charge on any atom is -0.324 e. The highest BCUT2D eigenvalue weighted by molar-refractivity contribution is 9.10. The molecular formula is C16H23BrN2O. The van der Waals surface area contributed by atoms with Gasteiger partial charge in [-0.05, 0) is 59.7 Å². The number of carbonyl (C=O) groups excluding carboxylic acids is 1. The topological polar surface area (TPSA) is 42.0 Å². The number of rotatable bonds is 5. The van der Waals surface area contributed by atoms with E-state index < -0.39 is 0 Å². The molecule has 0 radical (unpaired) electrons. The predicted octanol–water partition coefficient (Wildman–Crippen LogP) is 4.78. The van der Waals surface area contributed by atoms with Crippen molar-refractivity contribution in [1.29, 1.82) is 0 Å². The molecular weight excluding hydrogens is 316 g/mol. The summed E-state index contributed by atoms with van der Waals surface area (Å²) in [6, 6.07) is 3.71. The van der Waals surface area contributed by atoms with Crippen molar-refractivity contribution in [2.45, 2.75) is 51.9 Å². The zero-order valence-corrected chi connectivity index (χ0v) is 13.7. The van der Waals surface area contributed by atoms with Crippen molar-refractivity contribution in [2.24, 2.45) is 11.8 Å². The number of unbranched alkanes of at least 4 members (excludes halogenated alkanes) is 1. The molecule has 1 aromatic rings. The first-order chi connectivity index (χ1) is 9.70. The normalized spacial score (nSPS) is 22.5. The molecule has 4 heteroatoms. The summed E-state index contributed by atoms with van der Waals surface area (Å²) in [7, 11) is 0. The number of nitrogens with zero attached hydrogens (tertiary/aromatic N) is 1. The van der Waals surface area contributed by atoms with Crippen LogP contribution in [-0.4, -0.2) is 10.9 Å². The van der Waals surface area contributed by atoms with Crippen LogP contribution in [0.4, 0.5) is 5.69 Å². The standard InChI is InChI=1S/C16H23BrN2O/c1-2-3-5-12-7-9-13(10-8-12)16(20)19-14-6-4-11-18-15(14)17/h4,6,11-13H,2-3,5,7-10H2,1H3,(H,19,20). The number of pyridine rings is 1. The average Bonchev–Trinajstić information content (AvgIpc) is 2.48. The van der Waals surface area contributed by atoms with E-state index in [1.807, 2.05) is 12.1 Å². The number of amides is 1. The molecule has 20 heavy (non-hydrogen) atoms. The first-order valence-corrected chi connectivity index (χ1v) is 8.41. The van der Waals surface area contributed by atoms with Crippen molar-refractivity contribution in [3.8, 4) is 0 Å². The van der Waals surface area contributed by atoms with Gasteiger partial charge in [0, 0.05) is 12.1 Å². The fraction of sp³-hybridized carbons (Fsp3) is 0.625. The molecule has 0 aliphatic heterocycles. The second-order valence-electron chi connectivity index (χ2n) is 5.69. The molecule has 1 aromatic heterocycles. The van der Waals surface area contributed by atoms with Crippen molar-refractivity contribution in [1.82, 2.24) is 4.98 Å². The molecule has 0 aromatic carbocycles. The molecule has 1 fully saturated rings. The van der Waals surface area contributed by atoms with Crippen LogP contribution in [0, 0.1) is 11.8 Å². The smallest absolute Gasteiger partial charge is 0.227 e. The Kier molecular flexibility index (Phi) is 6.02. The van der Waals surface area contributed by atoms with Gasteiger partial charge in [-0.1, -0.05) is 26.2 Å². The molecule has 0 spiro atoms. The summed E-state index contributed by atoms with van der Waals surface area (Å²) in [5.74, 6) is 1.15. The second-order valence-corrected chi connectivity index (χ2v) is 6.44. The summed E-state index contributed by atoms with van der Waals surface area (Å²) >= 11 is 3.36. The lowest BCUT2D eigenvalue weighted by Gasteiger charge is -2.27. The third-order valence-electron chi connectivity index (χ3n) is 4.20. The second kappa shape index (κ2) is 7.77. The third-order valence-corrected chi connectivity index (χ3v) is 4.83. The number of hydrogen-bond acceptors (Lipinski definition) is 2. The Labute approximate surface area is 129 Å². The van der Waals surface area contributed by atoms with Crippen molar-refractivity contribution in [2.75, 3.05) is 5.32 Å². The molecule has 0 saturated heterocycles. The van der Waals surface area contributed by atoms with Crippen molar-refractivity contribution >= 4 is 27.5 Å². The fourth-order valence-corrected chi connectivity index (χ4v) is 3.27. The molecule has 1 saturated carbocycles. The number of anilines is 1. The molecule has 1 amide bonds. The molecule has 0 unspecified atom stereocenters. The van der Waals surface area contributed by atoms with Crippen LogP contribution in [0.3, 0.4) is 0 Å². The van der Waals surface area contributed by atoms with Crippen LogP contribution in [0.2, 0.25) is 0 Å². The van der Waals surface area contributed by atoms with Crippen LogP contribution < -0.4 is 5.32 Å². The molecule has 1 N–H and O–H groups in total. The number of aromatic nitrogens is 1.